The minimum absolute atomic E-state index is 0.0559. The summed E-state index contributed by atoms with van der Waals surface area (Å²) in [6.07, 6.45) is 0. The van der Waals surface area contributed by atoms with Gasteiger partial charge in [0.15, 0.2) is 5.78 Å². The standard InChI is InChI=1S/C17H17ClO/c1-10-7-12(3)15(9-11(10)2)17(19)14-5-6-16(18)13(4)8-14/h5-9H,1-4H3. The largest absolute Gasteiger partial charge is 0.289 e. The number of carbonyl (C=O) groups is 1. The number of hydrogen-bond donors (Lipinski definition) is 0. The van der Waals surface area contributed by atoms with Gasteiger partial charge in [0.2, 0.25) is 0 Å². The molecule has 0 unspecified atom stereocenters. The van der Waals surface area contributed by atoms with Crippen LogP contribution in [-0.4, -0.2) is 5.78 Å². The van der Waals surface area contributed by atoms with E-state index in [-0.39, 0.29) is 5.78 Å². The van der Waals surface area contributed by atoms with Crippen LogP contribution < -0.4 is 0 Å². The summed E-state index contributed by atoms with van der Waals surface area (Å²) in [4.78, 5) is 12.6. The fourth-order valence-electron chi connectivity index (χ4n) is 2.15. The Kier molecular flexibility index (Phi) is 3.77. The summed E-state index contributed by atoms with van der Waals surface area (Å²) in [7, 11) is 0. The molecule has 2 aromatic carbocycles. The Labute approximate surface area is 119 Å². The van der Waals surface area contributed by atoms with Crippen molar-refractivity contribution < 1.29 is 4.79 Å². The molecule has 0 heterocycles. The van der Waals surface area contributed by atoms with Gasteiger partial charge in [-0.2, -0.15) is 0 Å². The van der Waals surface area contributed by atoms with E-state index in [1.54, 1.807) is 12.1 Å². The number of benzene rings is 2. The molecule has 0 spiro atoms. The first kappa shape index (κ1) is 13.8. The van der Waals surface area contributed by atoms with E-state index < -0.39 is 0 Å². The van der Waals surface area contributed by atoms with E-state index in [9.17, 15) is 4.79 Å². The first-order valence-corrected chi connectivity index (χ1v) is 6.66. The van der Waals surface area contributed by atoms with E-state index in [0.717, 1.165) is 22.3 Å². The lowest BCUT2D eigenvalue weighted by Crippen LogP contribution is -2.05. The summed E-state index contributed by atoms with van der Waals surface area (Å²) in [6.45, 7) is 7.97. The molecule has 0 N–H and O–H groups in total. The molecule has 0 amide bonds. The van der Waals surface area contributed by atoms with E-state index in [1.807, 2.05) is 32.9 Å². The molecule has 0 atom stereocenters. The van der Waals surface area contributed by atoms with Gasteiger partial charge in [0.05, 0.1) is 0 Å². The van der Waals surface area contributed by atoms with Gasteiger partial charge in [-0.05, 0) is 74.2 Å². The molecular formula is C17H17ClO. The lowest BCUT2D eigenvalue weighted by atomic mass is 9.94. The molecular weight excluding hydrogens is 256 g/mol. The lowest BCUT2D eigenvalue weighted by molar-refractivity contribution is 0.103. The van der Waals surface area contributed by atoms with E-state index in [1.165, 1.54) is 5.56 Å². The van der Waals surface area contributed by atoms with Crippen molar-refractivity contribution in [1.82, 2.24) is 0 Å². The number of carbonyl (C=O) groups excluding carboxylic acids is 1. The van der Waals surface area contributed by atoms with Gasteiger partial charge in [-0.3, -0.25) is 4.79 Å². The zero-order valence-electron chi connectivity index (χ0n) is 11.7. The van der Waals surface area contributed by atoms with Crippen LogP contribution in [0.5, 0.6) is 0 Å². The van der Waals surface area contributed by atoms with Crippen LogP contribution in [0.3, 0.4) is 0 Å². The van der Waals surface area contributed by atoms with Crippen LogP contribution in [0.4, 0.5) is 0 Å². The van der Waals surface area contributed by atoms with Crippen LogP contribution in [0, 0.1) is 27.7 Å². The third kappa shape index (κ3) is 2.71. The third-order valence-corrected chi connectivity index (χ3v) is 3.93. The minimum Gasteiger partial charge on any atom is -0.289 e. The highest BCUT2D eigenvalue weighted by Gasteiger charge is 2.13. The van der Waals surface area contributed by atoms with Crippen molar-refractivity contribution in [3.05, 3.63) is 68.7 Å². The molecule has 0 radical (unpaired) electrons. The second-order valence-corrected chi connectivity index (χ2v) is 5.45. The van der Waals surface area contributed by atoms with Gasteiger partial charge in [0.1, 0.15) is 0 Å². The van der Waals surface area contributed by atoms with Crippen molar-refractivity contribution in [2.45, 2.75) is 27.7 Å². The zero-order valence-corrected chi connectivity index (χ0v) is 12.4. The number of halogens is 1. The second-order valence-electron chi connectivity index (χ2n) is 5.04. The number of ketones is 1. The van der Waals surface area contributed by atoms with Gasteiger partial charge in [0.25, 0.3) is 0 Å². The van der Waals surface area contributed by atoms with Gasteiger partial charge in [-0.25, -0.2) is 0 Å². The smallest absolute Gasteiger partial charge is 0.193 e. The maximum absolute atomic E-state index is 12.6. The zero-order chi connectivity index (χ0) is 14.2. The molecule has 2 heteroatoms. The van der Waals surface area contributed by atoms with Crippen molar-refractivity contribution in [2.24, 2.45) is 0 Å². The molecule has 0 aliphatic carbocycles. The molecule has 19 heavy (non-hydrogen) atoms. The molecule has 2 aromatic rings. The van der Waals surface area contributed by atoms with Crippen molar-refractivity contribution in [2.75, 3.05) is 0 Å². The summed E-state index contributed by atoms with van der Waals surface area (Å²) >= 11 is 6.00. The fraction of sp³-hybridized carbons (Fsp3) is 0.235. The average Bonchev–Trinajstić information content (AvgIpc) is 2.36. The summed E-state index contributed by atoms with van der Waals surface area (Å²) in [5.74, 6) is 0.0559. The van der Waals surface area contributed by atoms with Crippen LogP contribution in [0.1, 0.15) is 38.2 Å². The molecule has 2 rings (SSSR count). The molecule has 0 aliphatic heterocycles. The SMILES string of the molecule is Cc1cc(C)c(C(=O)c2ccc(Cl)c(C)c2)cc1C. The molecule has 0 saturated heterocycles. The Morgan fingerprint density at radius 3 is 2.11 bits per heavy atom. The van der Waals surface area contributed by atoms with Crippen molar-refractivity contribution in [3.63, 3.8) is 0 Å². The van der Waals surface area contributed by atoms with Crippen LogP contribution in [0.2, 0.25) is 5.02 Å². The second kappa shape index (κ2) is 5.18. The lowest BCUT2D eigenvalue weighted by Gasteiger charge is -2.10. The van der Waals surface area contributed by atoms with Crippen molar-refractivity contribution in [3.8, 4) is 0 Å². The summed E-state index contributed by atoms with van der Waals surface area (Å²) < 4.78 is 0. The Bertz CT molecular complexity index is 657. The van der Waals surface area contributed by atoms with Crippen molar-refractivity contribution in [1.29, 1.82) is 0 Å². The van der Waals surface area contributed by atoms with Gasteiger partial charge < -0.3 is 0 Å². The highest BCUT2D eigenvalue weighted by molar-refractivity contribution is 6.31. The monoisotopic (exact) mass is 272 g/mol. The van der Waals surface area contributed by atoms with Gasteiger partial charge in [-0.15, -0.1) is 0 Å². The predicted molar refractivity (Wildman–Crippen MR) is 80.3 cm³/mol. The van der Waals surface area contributed by atoms with Crippen LogP contribution >= 0.6 is 11.6 Å². The van der Waals surface area contributed by atoms with Crippen LogP contribution in [-0.2, 0) is 0 Å². The number of hydrogen-bond acceptors (Lipinski definition) is 1. The maximum atomic E-state index is 12.6. The molecule has 0 aliphatic rings. The Morgan fingerprint density at radius 2 is 1.47 bits per heavy atom. The molecule has 98 valence electrons. The van der Waals surface area contributed by atoms with E-state index >= 15 is 0 Å². The Hall–Kier alpha value is -1.60. The van der Waals surface area contributed by atoms with Gasteiger partial charge in [0, 0.05) is 16.1 Å². The predicted octanol–water partition coefficient (Wildman–Crippen LogP) is 4.80. The molecule has 0 aromatic heterocycles. The molecule has 0 fully saturated rings. The Balaban J connectivity index is 2.49. The maximum Gasteiger partial charge on any atom is 0.193 e. The van der Waals surface area contributed by atoms with E-state index in [4.69, 9.17) is 11.6 Å². The van der Waals surface area contributed by atoms with Gasteiger partial charge in [-0.1, -0.05) is 17.7 Å². The van der Waals surface area contributed by atoms with Crippen molar-refractivity contribution >= 4 is 17.4 Å². The summed E-state index contributed by atoms with van der Waals surface area (Å²) in [6, 6.07) is 9.44. The number of aryl methyl sites for hydroxylation is 4. The minimum atomic E-state index is 0.0559. The first-order valence-electron chi connectivity index (χ1n) is 6.29. The van der Waals surface area contributed by atoms with Crippen LogP contribution in [0.15, 0.2) is 30.3 Å². The molecule has 0 saturated carbocycles. The quantitative estimate of drug-likeness (QED) is 0.718. The average molecular weight is 273 g/mol. The summed E-state index contributed by atoms with van der Waals surface area (Å²) in [5, 5.41) is 0.688. The molecule has 1 nitrogen and oxygen atoms in total. The first-order chi connectivity index (χ1) is 8.90. The number of rotatable bonds is 2. The van der Waals surface area contributed by atoms with E-state index in [2.05, 4.69) is 13.0 Å². The molecule has 0 bridgehead atoms. The fourth-order valence-corrected chi connectivity index (χ4v) is 2.26. The Morgan fingerprint density at radius 1 is 0.842 bits per heavy atom. The highest BCUT2D eigenvalue weighted by Crippen LogP contribution is 2.22. The normalized spacial score (nSPS) is 10.6. The van der Waals surface area contributed by atoms with Crippen LogP contribution in [0.25, 0.3) is 0 Å². The summed E-state index contributed by atoms with van der Waals surface area (Å²) in [5.41, 5.74) is 5.74. The van der Waals surface area contributed by atoms with Gasteiger partial charge >= 0.3 is 0 Å². The van der Waals surface area contributed by atoms with E-state index in [0.29, 0.717) is 10.6 Å². The topological polar surface area (TPSA) is 17.1 Å². The highest BCUT2D eigenvalue weighted by atomic mass is 35.5. The third-order valence-electron chi connectivity index (χ3n) is 3.51.